The third-order valence-electron chi connectivity index (χ3n) is 5.65. The third kappa shape index (κ3) is 4.36. The molecule has 1 amide bonds. The number of aromatic nitrogens is 4. The molecule has 2 heterocycles. The highest BCUT2D eigenvalue weighted by Crippen LogP contribution is 2.20. The van der Waals surface area contributed by atoms with E-state index < -0.39 is 0 Å². The number of fused-ring (bicyclic) bond motifs is 1. The SMILES string of the molecule is Cc1c(C(=O)N(Cc2ccccc2)Cc2ccccc2)nnn1-c1ccc2ncccc2c1. The average Bonchev–Trinajstić information content (AvgIpc) is 3.25. The Balaban J connectivity index is 1.48. The first-order valence-electron chi connectivity index (χ1n) is 10.8. The quantitative estimate of drug-likeness (QED) is 0.379. The monoisotopic (exact) mass is 433 g/mol. The van der Waals surface area contributed by atoms with Crippen molar-refractivity contribution >= 4 is 16.8 Å². The Labute approximate surface area is 192 Å². The van der Waals surface area contributed by atoms with E-state index in [9.17, 15) is 4.79 Å². The summed E-state index contributed by atoms with van der Waals surface area (Å²) < 4.78 is 1.71. The normalized spacial score (nSPS) is 10.9. The summed E-state index contributed by atoms with van der Waals surface area (Å²) in [5, 5.41) is 9.60. The zero-order valence-electron chi connectivity index (χ0n) is 18.3. The maximum atomic E-state index is 13.6. The van der Waals surface area contributed by atoms with Crippen molar-refractivity contribution < 1.29 is 4.79 Å². The van der Waals surface area contributed by atoms with E-state index in [1.54, 1.807) is 10.9 Å². The molecule has 162 valence electrons. The molecular formula is C27H23N5O. The highest BCUT2D eigenvalue weighted by atomic mass is 16.2. The van der Waals surface area contributed by atoms with Crippen molar-refractivity contribution in [2.45, 2.75) is 20.0 Å². The predicted octanol–water partition coefficient (Wildman–Crippen LogP) is 4.97. The van der Waals surface area contributed by atoms with E-state index in [2.05, 4.69) is 15.3 Å². The lowest BCUT2D eigenvalue weighted by Gasteiger charge is -2.22. The number of carbonyl (C=O) groups is 1. The maximum Gasteiger partial charge on any atom is 0.276 e. The maximum absolute atomic E-state index is 13.6. The number of amides is 1. The average molecular weight is 434 g/mol. The van der Waals surface area contributed by atoms with Crippen LogP contribution < -0.4 is 0 Å². The van der Waals surface area contributed by atoms with Gasteiger partial charge in [-0.25, -0.2) is 4.68 Å². The molecule has 0 aliphatic carbocycles. The molecule has 0 aliphatic heterocycles. The third-order valence-corrected chi connectivity index (χ3v) is 5.65. The van der Waals surface area contributed by atoms with Crippen LogP contribution in [0.2, 0.25) is 0 Å². The topological polar surface area (TPSA) is 63.9 Å². The number of carbonyl (C=O) groups excluding carboxylic acids is 1. The van der Waals surface area contributed by atoms with E-state index in [-0.39, 0.29) is 5.91 Å². The van der Waals surface area contributed by atoms with Crippen LogP contribution in [0.4, 0.5) is 0 Å². The molecule has 0 saturated carbocycles. The van der Waals surface area contributed by atoms with Gasteiger partial charge in [-0.15, -0.1) is 5.10 Å². The number of pyridine rings is 1. The highest BCUT2D eigenvalue weighted by molar-refractivity contribution is 5.93. The van der Waals surface area contributed by atoms with Crippen LogP contribution in [-0.2, 0) is 13.1 Å². The Hall–Kier alpha value is -4.32. The molecule has 0 radical (unpaired) electrons. The fraction of sp³-hybridized carbons (Fsp3) is 0.111. The number of hydrogen-bond acceptors (Lipinski definition) is 4. The molecule has 6 nitrogen and oxygen atoms in total. The second-order valence-electron chi connectivity index (χ2n) is 7.95. The molecule has 0 unspecified atom stereocenters. The Bertz CT molecular complexity index is 1350. The minimum atomic E-state index is -0.145. The lowest BCUT2D eigenvalue weighted by molar-refractivity contribution is 0.0723. The molecule has 0 spiro atoms. The van der Waals surface area contributed by atoms with Crippen molar-refractivity contribution in [1.82, 2.24) is 24.9 Å². The first-order valence-corrected chi connectivity index (χ1v) is 10.8. The number of nitrogens with zero attached hydrogens (tertiary/aromatic N) is 5. The molecule has 0 atom stereocenters. The van der Waals surface area contributed by atoms with E-state index in [1.165, 1.54) is 0 Å². The van der Waals surface area contributed by atoms with Crippen LogP contribution in [0.25, 0.3) is 16.6 Å². The molecule has 3 aromatic carbocycles. The Morgan fingerprint density at radius 1 is 0.848 bits per heavy atom. The van der Waals surface area contributed by atoms with E-state index in [0.29, 0.717) is 24.5 Å². The summed E-state index contributed by atoms with van der Waals surface area (Å²) in [5.41, 5.74) is 4.94. The minimum absolute atomic E-state index is 0.145. The Morgan fingerprint density at radius 2 is 1.52 bits per heavy atom. The molecular weight excluding hydrogens is 410 g/mol. The number of rotatable bonds is 6. The molecule has 5 rings (SSSR count). The van der Waals surface area contributed by atoms with Crippen LogP contribution in [0.1, 0.15) is 27.3 Å². The van der Waals surface area contributed by atoms with E-state index in [1.807, 2.05) is 103 Å². The lowest BCUT2D eigenvalue weighted by atomic mass is 10.1. The smallest absolute Gasteiger partial charge is 0.276 e. The van der Waals surface area contributed by atoms with Gasteiger partial charge < -0.3 is 4.90 Å². The van der Waals surface area contributed by atoms with Gasteiger partial charge in [0.15, 0.2) is 5.69 Å². The Kier molecular flexibility index (Phi) is 5.64. The van der Waals surface area contributed by atoms with Crippen molar-refractivity contribution in [2.75, 3.05) is 0 Å². The molecule has 0 aliphatic rings. The predicted molar refractivity (Wildman–Crippen MR) is 128 cm³/mol. The number of hydrogen-bond donors (Lipinski definition) is 0. The largest absolute Gasteiger partial charge is 0.329 e. The van der Waals surface area contributed by atoms with Gasteiger partial charge in [-0.2, -0.15) is 0 Å². The fourth-order valence-electron chi connectivity index (χ4n) is 3.92. The van der Waals surface area contributed by atoms with Gasteiger partial charge in [-0.1, -0.05) is 71.9 Å². The Morgan fingerprint density at radius 3 is 2.18 bits per heavy atom. The molecule has 0 fully saturated rings. The van der Waals surface area contributed by atoms with Gasteiger partial charge in [-0.3, -0.25) is 9.78 Å². The van der Waals surface area contributed by atoms with Gasteiger partial charge in [0.05, 0.1) is 16.9 Å². The van der Waals surface area contributed by atoms with Crippen LogP contribution >= 0.6 is 0 Å². The summed E-state index contributed by atoms with van der Waals surface area (Å²) in [6.07, 6.45) is 1.77. The van der Waals surface area contributed by atoms with Crippen LogP contribution in [0.15, 0.2) is 97.2 Å². The molecule has 0 bridgehead atoms. The summed E-state index contributed by atoms with van der Waals surface area (Å²) in [6, 6.07) is 29.8. The zero-order chi connectivity index (χ0) is 22.6. The number of benzene rings is 3. The molecule has 2 aromatic heterocycles. The van der Waals surface area contributed by atoms with Crippen molar-refractivity contribution in [3.63, 3.8) is 0 Å². The minimum Gasteiger partial charge on any atom is -0.329 e. The molecule has 0 saturated heterocycles. The summed E-state index contributed by atoms with van der Waals surface area (Å²) in [4.78, 5) is 19.8. The summed E-state index contributed by atoms with van der Waals surface area (Å²) in [6.45, 7) is 2.86. The van der Waals surface area contributed by atoms with E-state index >= 15 is 0 Å². The zero-order valence-corrected chi connectivity index (χ0v) is 18.3. The molecule has 5 aromatic rings. The van der Waals surface area contributed by atoms with Crippen LogP contribution in [-0.4, -0.2) is 30.8 Å². The van der Waals surface area contributed by atoms with Gasteiger partial charge in [0.1, 0.15) is 0 Å². The fourth-order valence-corrected chi connectivity index (χ4v) is 3.92. The molecule has 0 N–H and O–H groups in total. The van der Waals surface area contributed by atoms with Gasteiger partial charge in [0.2, 0.25) is 0 Å². The van der Waals surface area contributed by atoms with Crippen molar-refractivity contribution in [3.8, 4) is 5.69 Å². The first-order chi connectivity index (χ1) is 16.2. The van der Waals surface area contributed by atoms with Gasteiger partial charge >= 0.3 is 0 Å². The second kappa shape index (κ2) is 9.04. The van der Waals surface area contributed by atoms with Crippen LogP contribution in [0, 0.1) is 6.92 Å². The van der Waals surface area contributed by atoms with Crippen molar-refractivity contribution in [3.05, 3.63) is 120 Å². The summed E-state index contributed by atoms with van der Waals surface area (Å²) in [7, 11) is 0. The standard InChI is InChI=1S/C27H23N5O/c1-20-26(29-30-32(20)24-14-15-25-23(17-24)13-8-16-28-25)27(33)31(18-21-9-4-2-5-10-21)19-22-11-6-3-7-12-22/h2-17H,18-19H2,1H3. The van der Waals surface area contributed by atoms with Crippen LogP contribution in [0.3, 0.4) is 0 Å². The van der Waals surface area contributed by atoms with Crippen molar-refractivity contribution in [2.24, 2.45) is 0 Å². The summed E-state index contributed by atoms with van der Waals surface area (Å²) in [5.74, 6) is -0.145. The molecule has 33 heavy (non-hydrogen) atoms. The lowest BCUT2D eigenvalue weighted by Crippen LogP contribution is -2.31. The first kappa shape index (κ1) is 20.6. The summed E-state index contributed by atoms with van der Waals surface area (Å²) >= 11 is 0. The van der Waals surface area contributed by atoms with Crippen molar-refractivity contribution in [1.29, 1.82) is 0 Å². The molecule has 6 heteroatoms. The van der Waals surface area contributed by atoms with Gasteiger partial charge in [0.25, 0.3) is 5.91 Å². The van der Waals surface area contributed by atoms with Gasteiger partial charge in [-0.05, 0) is 42.3 Å². The van der Waals surface area contributed by atoms with Gasteiger partial charge in [0, 0.05) is 24.7 Å². The highest BCUT2D eigenvalue weighted by Gasteiger charge is 2.23. The van der Waals surface area contributed by atoms with Crippen LogP contribution in [0.5, 0.6) is 0 Å². The van der Waals surface area contributed by atoms with E-state index in [0.717, 1.165) is 27.7 Å². The van der Waals surface area contributed by atoms with E-state index in [4.69, 9.17) is 0 Å². The second-order valence-corrected chi connectivity index (χ2v) is 7.95.